The number of carbonyl (C=O) groups excluding carboxylic acids is 1. The van der Waals surface area contributed by atoms with Crippen LogP contribution in [0.3, 0.4) is 0 Å². The molecule has 150 valence electrons. The highest BCUT2D eigenvalue weighted by atomic mass is 32.2. The third-order valence-corrected chi connectivity index (χ3v) is 5.43. The zero-order chi connectivity index (χ0) is 20.7. The highest BCUT2D eigenvalue weighted by Crippen LogP contribution is 2.14. The van der Waals surface area contributed by atoms with Crippen LogP contribution in [0, 0.1) is 0 Å². The van der Waals surface area contributed by atoms with Crippen LogP contribution in [0.4, 0.5) is 5.69 Å². The first-order chi connectivity index (χ1) is 14.0. The topological polar surface area (TPSA) is 109 Å². The van der Waals surface area contributed by atoms with Gasteiger partial charge >= 0.3 is 0 Å². The number of furan rings is 1. The summed E-state index contributed by atoms with van der Waals surface area (Å²) in [4.78, 5) is 12.2. The van der Waals surface area contributed by atoms with Gasteiger partial charge in [-0.15, -0.1) is 0 Å². The quantitative estimate of drug-likeness (QED) is 0.493. The number of nitrogens with one attached hydrogen (secondary N) is 2. The Kier molecular flexibility index (Phi) is 6.61. The summed E-state index contributed by atoms with van der Waals surface area (Å²) in [6.07, 6.45) is 4.41. The summed E-state index contributed by atoms with van der Waals surface area (Å²) in [6.45, 7) is -0.0418. The molecular formula is C21H20N2O5S. The number of benzene rings is 2. The smallest absolute Gasteiger partial charge is 0.248 e. The fourth-order valence-electron chi connectivity index (χ4n) is 2.52. The van der Waals surface area contributed by atoms with E-state index in [1.165, 1.54) is 24.5 Å². The van der Waals surface area contributed by atoms with Crippen LogP contribution in [-0.2, 0) is 28.0 Å². The van der Waals surface area contributed by atoms with E-state index < -0.39 is 10.0 Å². The average Bonchev–Trinajstić information content (AvgIpc) is 3.25. The number of anilines is 1. The fourth-order valence-corrected chi connectivity index (χ4v) is 3.52. The average molecular weight is 412 g/mol. The van der Waals surface area contributed by atoms with E-state index in [-0.39, 0.29) is 24.0 Å². The minimum Gasteiger partial charge on any atom is -0.468 e. The van der Waals surface area contributed by atoms with Crippen LogP contribution in [0.15, 0.2) is 82.3 Å². The molecule has 0 spiro atoms. The van der Waals surface area contributed by atoms with Crippen molar-refractivity contribution in [2.24, 2.45) is 0 Å². The lowest BCUT2D eigenvalue weighted by atomic mass is 10.2. The molecule has 1 heterocycles. The molecule has 1 aromatic heterocycles. The minimum atomic E-state index is -3.67. The van der Waals surface area contributed by atoms with E-state index in [2.05, 4.69) is 10.0 Å². The second kappa shape index (κ2) is 9.33. The molecule has 0 saturated carbocycles. The van der Waals surface area contributed by atoms with Crippen LogP contribution in [0.25, 0.3) is 6.08 Å². The maximum atomic E-state index is 12.3. The predicted octanol–water partition coefficient (Wildman–Crippen LogP) is 2.90. The van der Waals surface area contributed by atoms with Gasteiger partial charge in [0.2, 0.25) is 15.9 Å². The van der Waals surface area contributed by atoms with E-state index in [4.69, 9.17) is 9.52 Å². The van der Waals surface area contributed by atoms with E-state index in [1.807, 2.05) is 0 Å². The van der Waals surface area contributed by atoms with Crippen molar-refractivity contribution in [3.8, 4) is 0 Å². The first-order valence-electron chi connectivity index (χ1n) is 8.77. The summed E-state index contributed by atoms with van der Waals surface area (Å²) < 4.78 is 32.2. The molecule has 0 bridgehead atoms. The summed E-state index contributed by atoms with van der Waals surface area (Å²) in [5, 5.41) is 11.8. The van der Waals surface area contributed by atoms with Crippen molar-refractivity contribution < 1.29 is 22.7 Å². The zero-order valence-electron chi connectivity index (χ0n) is 15.4. The molecule has 29 heavy (non-hydrogen) atoms. The lowest BCUT2D eigenvalue weighted by molar-refractivity contribution is -0.111. The highest BCUT2D eigenvalue weighted by Gasteiger charge is 2.13. The number of sulfonamides is 1. The minimum absolute atomic E-state index is 0.0641. The van der Waals surface area contributed by atoms with Crippen LogP contribution in [-0.4, -0.2) is 19.4 Å². The molecule has 0 unspecified atom stereocenters. The van der Waals surface area contributed by atoms with Gasteiger partial charge in [0.05, 0.1) is 24.3 Å². The zero-order valence-corrected chi connectivity index (χ0v) is 16.2. The second-order valence-electron chi connectivity index (χ2n) is 6.15. The predicted molar refractivity (Wildman–Crippen MR) is 109 cm³/mol. The van der Waals surface area contributed by atoms with Crippen molar-refractivity contribution in [1.82, 2.24) is 4.72 Å². The molecule has 3 N–H and O–H groups in total. The number of aliphatic hydroxyl groups is 1. The lowest BCUT2D eigenvalue weighted by Gasteiger charge is -2.06. The third-order valence-electron chi connectivity index (χ3n) is 4.01. The molecule has 7 nitrogen and oxygen atoms in total. The Morgan fingerprint density at radius 2 is 1.86 bits per heavy atom. The summed E-state index contributed by atoms with van der Waals surface area (Å²) in [6, 6.07) is 16.4. The molecular weight excluding hydrogens is 392 g/mol. The van der Waals surface area contributed by atoms with Gasteiger partial charge in [-0.2, -0.15) is 0 Å². The molecule has 8 heteroatoms. The van der Waals surface area contributed by atoms with Gasteiger partial charge in [0.25, 0.3) is 0 Å². The molecule has 3 aromatic rings. The Morgan fingerprint density at radius 3 is 2.55 bits per heavy atom. The van der Waals surface area contributed by atoms with Crippen LogP contribution in [0.5, 0.6) is 0 Å². The van der Waals surface area contributed by atoms with Gasteiger partial charge in [0, 0.05) is 11.8 Å². The number of rotatable bonds is 8. The number of carbonyl (C=O) groups is 1. The number of aliphatic hydroxyl groups excluding tert-OH is 1. The van der Waals surface area contributed by atoms with Crippen molar-refractivity contribution in [3.63, 3.8) is 0 Å². The number of hydrogen-bond acceptors (Lipinski definition) is 5. The normalized spacial score (nSPS) is 11.6. The SMILES string of the molecule is O=C(/C=C/c1ccc(S(=O)(=O)NCc2ccco2)cc1)Nc1cccc(CO)c1. The molecule has 0 saturated heterocycles. The van der Waals surface area contributed by atoms with Gasteiger partial charge in [0.1, 0.15) is 5.76 Å². The van der Waals surface area contributed by atoms with Crippen molar-refractivity contribution >= 4 is 27.7 Å². The van der Waals surface area contributed by atoms with E-state index in [1.54, 1.807) is 54.6 Å². The van der Waals surface area contributed by atoms with E-state index in [0.29, 0.717) is 22.6 Å². The fraction of sp³-hybridized carbons (Fsp3) is 0.0952. The highest BCUT2D eigenvalue weighted by molar-refractivity contribution is 7.89. The maximum Gasteiger partial charge on any atom is 0.248 e. The Hall–Kier alpha value is -3.20. The third kappa shape index (κ3) is 5.89. The van der Waals surface area contributed by atoms with Crippen LogP contribution < -0.4 is 10.0 Å². The van der Waals surface area contributed by atoms with Gasteiger partial charge in [-0.05, 0) is 53.6 Å². The van der Waals surface area contributed by atoms with Crippen molar-refractivity contribution in [3.05, 3.63) is 89.9 Å². The van der Waals surface area contributed by atoms with Crippen LogP contribution in [0.1, 0.15) is 16.9 Å². The molecule has 1 amide bonds. The van der Waals surface area contributed by atoms with Gasteiger partial charge < -0.3 is 14.8 Å². The maximum absolute atomic E-state index is 12.3. The van der Waals surface area contributed by atoms with Crippen LogP contribution in [0.2, 0.25) is 0 Å². The monoisotopic (exact) mass is 412 g/mol. The van der Waals surface area contributed by atoms with Crippen molar-refractivity contribution in [1.29, 1.82) is 0 Å². The second-order valence-corrected chi connectivity index (χ2v) is 7.92. The van der Waals surface area contributed by atoms with Crippen molar-refractivity contribution in [2.75, 3.05) is 5.32 Å². The van der Waals surface area contributed by atoms with Gasteiger partial charge in [-0.25, -0.2) is 13.1 Å². The molecule has 0 radical (unpaired) electrons. The summed E-state index contributed by atoms with van der Waals surface area (Å²) in [5.74, 6) is 0.181. The van der Waals surface area contributed by atoms with Gasteiger partial charge in [-0.1, -0.05) is 24.3 Å². The molecule has 0 fully saturated rings. The Labute approximate surface area is 168 Å². The largest absolute Gasteiger partial charge is 0.468 e. The van der Waals surface area contributed by atoms with E-state index in [9.17, 15) is 13.2 Å². The first kappa shape index (κ1) is 20.5. The Morgan fingerprint density at radius 1 is 1.07 bits per heavy atom. The van der Waals surface area contributed by atoms with E-state index >= 15 is 0 Å². The molecule has 3 rings (SSSR count). The molecule has 0 aliphatic rings. The summed E-state index contributed by atoms with van der Waals surface area (Å²) >= 11 is 0. The first-order valence-corrected chi connectivity index (χ1v) is 10.3. The standard InChI is InChI=1S/C21H20N2O5S/c24-15-17-3-1-4-18(13-17)23-21(25)11-8-16-6-9-20(10-7-16)29(26,27)22-14-19-5-2-12-28-19/h1-13,22,24H,14-15H2,(H,23,25)/b11-8+. The molecule has 2 aromatic carbocycles. The number of hydrogen-bond donors (Lipinski definition) is 3. The molecule has 0 aliphatic heterocycles. The molecule has 0 atom stereocenters. The number of amides is 1. The van der Waals surface area contributed by atoms with E-state index in [0.717, 1.165) is 0 Å². The Balaban J connectivity index is 1.59. The van der Waals surface area contributed by atoms with Crippen molar-refractivity contribution in [2.45, 2.75) is 18.0 Å². The van der Waals surface area contributed by atoms with Gasteiger partial charge in [-0.3, -0.25) is 4.79 Å². The summed E-state index contributed by atoms with van der Waals surface area (Å²) in [5.41, 5.74) is 1.95. The Bertz CT molecular complexity index is 1090. The van der Waals surface area contributed by atoms with Gasteiger partial charge in [0.15, 0.2) is 0 Å². The van der Waals surface area contributed by atoms with Crippen LogP contribution >= 0.6 is 0 Å². The molecule has 0 aliphatic carbocycles. The lowest BCUT2D eigenvalue weighted by Crippen LogP contribution is -2.22. The summed E-state index contributed by atoms with van der Waals surface area (Å²) in [7, 11) is -3.67.